The van der Waals surface area contributed by atoms with E-state index in [9.17, 15) is 0 Å². The van der Waals surface area contributed by atoms with Crippen LogP contribution in [0.15, 0.2) is 24.3 Å². The molecule has 2 unspecified atom stereocenters. The molecule has 3 aliphatic heterocycles. The van der Waals surface area contributed by atoms with Gasteiger partial charge in [-0.1, -0.05) is 30.7 Å². The molecule has 2 atom stereocenters. The fourth-order valence-corrected chi connectivity index (χ4v) is 3.65. The lowest BCUT2D eigenvalue weighted by molar-refractivity contribution is -0.00364. The van der Waals surface area contributed by atoms with Crippen molar-refractivity contribution in [1.29, 1.82) is 0 Å². The summed E-state index contributed by atoms with van der Waals surface area (Å²) in [6.45, 7) is 9.32. The molecule has 1 aromatic carbocycles. The van der Waals surface area contributed by atoms with Gasteiger partial charge in [0.15, 0.2) is 0 Å². The highest BCUT2D eigenvalue weighted by Gasteiger charge is 2.37. The van der Waals surface area contributed by atoms with Crippen LogP contribution in [0.1, 0.15) is 24.9 Å². The van der Waals surface area contributed by atoms with Crippen LogP contribution in [0, 0.1) is 0 Å². The normalized spacial score (nSPS) is 30.4. The zero-order chi connectivity index (χ0) is 13.9. The van der Waals surface area contributed by atoms with Gasteiger partial charge < -0.3 is 5.32 Å². The van der Waals surface area contributed by atoms with Crippen LogP contribution in [0.2, 0.25) is 5.02 Å². The van der Waals surface area contributed by atoms with E-state index in [0.29, 0.717) is 12.1 Å². The Morgan fingerprint density at radius 1 is 1.30 bits per heavy atom. The molecule has 2 bridgehead atoms. The van der Waals surface area contributed by atoms with E-state index in [2.05, 4.69) is 40.2 Å². The van der Waals surface area contributed by atoms with Crippen molar-refractivity contribution in [3.63, 3.8) is 0 Å². The lowest BCUT2D eigenvalue weighted by Crippen LogP contribution is -2.64. The molecule has 3 heterocycles. The summed E-state index contributed by atoms with van der Waals surface area (Å²) in [4.78, 5) is 5.24. The Morgan fingerprint density at radius 2 is 2.10 bits per heavy atom. The van der Waals surface area contributed by atoms with Gasteiger partial charge in [0.05, 0.1) is 0 Å². The molecule has 0 amide bonds. The number of hydrogen-bond acceptors (Lipinski definition) is 3. The average molecular weight is 294 g/mol. The molecule has 1 aromatic rings. The molecule has 3 nitrogen and oxygen atoms in total. The molecular formula is C16H24ClN3. The highest BCUT2D eigenvalue weighted by atomic mass is 35.5. The van der Waals surface area contributed by atoms with Crippen molar-refractivity contribution in [1.82, 2.24) is 15.1 Å². The van der Waals surface area contributed by atoms with E-state index in [-0.39, 0.29) is 0 Å². The zero-order valence-electron chi connectivity index (χ0n) is 12.2. The Balaban J connectivity index is 1.82. The van der Waals surface area contributed by atoms with Crippen LogP contribution in [0.25, 0.3) is 0 Å². The Labute approximate surface area is 126 Å². The number of hydrogen-bond donors (Lipinski definition) is 1. The topological polar surface area (TPSA) is 18.5 Å². The SMILES string of the molecule is CCCNC(c1cccc(Cl)c1)C1CN2CCN1CC2. The largest absolute Gasteiger partial charge is 0.309 e. The van der Waals surface area contributed by atoms with E-state index in [0.717, 1.165) is 18.0 Å². The van der Waals surface area contributed by atoms with Crippen molar-refractivity contribution in [2.75, 3.05) is 39.3 Å². The van der Waals surface area contributed by atoms with Crippen LogP contribution in [-0.2, 0) is 0 Å². The summed E-state index contributed by atoms with van der Waals surface area (Å²) in [5.74, 6) is 0. The van der Waals surface area contributed by atoms with Crippen LogP contribution in [0.5, 0.6) is 0 Å². The summed E-state index contributed by atoms with van der Waals surface area (Å²) in [6.07, 6.45) is 1.16. The Kier molecular flexibility index (Phi) is 4.61. The summed E-state index contributed by atoms with van der Waals surface area (Å²) in [5, 5.41) is 4.58. The van der Waals surface area contributed by atoms with Crippen LogP contribution in [0.4, 0.5) is 0 Å². The van der Waals surface area contributed by atoms with Gasteiger partial charge in [0, 0.05) is 49.8 Å². The van der Waals surface area contributed by atoms with Crippen molar-refractivity contribution < 1.29 is 0 Å². The lowest BCUT2D eigenvalue weighted by atomic mass is 9.94. The standard InChI is InChI=1S/C16H24ClN3/c1-2-6-18-16(13-4-3-5-14(17)11-13)15-12-19-7-9-20(15)10-8-19/h3-5,11,15-16,18H,2,6-10,12H2,1H3. The maximum absolute atomic E-state index is 6.19. The molecule has 0 aromatic heterocycles. The number of rotatable bonds is 5. The second-order valence-electron chi connectivity index (χ2n) is 5.89. The van der Waals surface area contributed by atoms with E-state index in [4.69, 9.17) is 11.6 Å². The fourth-order valence-electron chi connectivity index (χ4n) is 3.45. The molecule has 0 saturated carbocycles. The number of benzene rings is 1. The van der Waals surface area contributed by atoms with Gasteiger partial charge in [-0.2, -0.15) is 0 Å². The second-order valence-corrected chi connectivity index (χ2v) is 6.33. The van der Waals surface area contributed by atoms with E-state index in [1.54, 1.807) is 0 Å². The first-order valence-corrected chi connectivity index (χ1v) is 8.11. The minimum atomic E-state index is 0.386. The van der Waals surface area contributed by atoms with Gasteiger partial charge in [0.1, 0.15) is 0 Å². The lowest BCUT2D eigenvalue weighted by Gasteiger charge is -2.50. The highest BCUT2D eigenvalue weighted by Crippen LogP contribution is 2.28. The molecule has 20 heavy (non-hydrogen) atoms. The first-order chi connectivity index (χ1) is 9.78. The summed E-state index contributed by atoms with van der Waals surface area (Å²) in [5.41, 5.74) is 1.32. The Morgan fingerprint density at radius 3 is 2.70 bits per heavy atom. The molecule has 1 N–H and O–H groups in total. The van der Waals surface area contributed by atoms with Crippen molar-refractivity contribution in [3.05, 3.63) is 34.9 Å². The molecule has 3 saturated heterocycles. The molecule has 4 heteroatoms. The van der Waals surface area contributed by atoms with Crippen LogP contribution >= 0.6 is 11.6 Å². The third-order valence-electron chi connectivity index (χ3n) is 4.53. The van der Waals surface area contributed by atoms with E-state index < -0.39 is 0 Å². The number of halogens is 1. The number of nitrogens with zero attached hydrogens (tertiary/aromatic N) is 2. The summed E-state index contributed by atoms with van der Waals surface area (Å²) in [7, 11) is 0. The van der Waals surface area contributed by atoms with Crippen molar-refractivity contribution in [2.45, 2.75) is 25.4 Å². The third kappa shape index (κ3) is 3.01. The van der Waals surface area contributed by atoms with Crippen LogP contribution in [0.3, 0.4) is 0 Å². The van der Waals surface area contributed by atoms with Gasteiger partial charge >= 0.3 is 0 Å². The Bertz CT molecular complexity index is 443. The first kappa shape index (κ1) is 14.3. The Hall–Kier alpha value is -0.610. The molecule has 3 aliphatic rings. The molecule has 0 aliphatic carbocycles. The third-order valence-corrected chi connectivity index (χ3v) is 4.76. The number of nitrogens with one attached hydrogen (secondary N) is 1. The van der Waals surface area contributed by atoms with Crippen LogP contribution < -0.4 is 5.32 Å². The minimum Gasteiger partial charge on any atom is -0.309 e. The highest BCUT2D eigenvalue weighted by molar-refractivity contribution is 6.30. The van der Waals surface area contributed by atoms with E-state index >= 15 is 0 Å². The average Bonchev–Trinajstić information content (AvgIpc) is 2.49. The van der Waals surface area contributed by atoms with Crippen molar-refractivity contribution in [3.8, 4) is 0 Å². The summed E-state index contributed by atoms with van der Waals surface area (Å²) in [6, 6.07) is 9.30. The van der Waals surface area contributed by atoms with Gasteiger partial charge in [-0.05, 0) is 30.7 Å². The maximum atomic E-state index is 6.19. The molecule has 110 valence electrons. The van der Waals surface area contributed by atoms with Gasteiger partial charge in [0.25, 0.3) is 0 Å². The predicted molar refractivity (Wildman–Crippen MR) is 84.3 cm³/mol. The van der Waals surface area contributed by atoms with E-state index in [1.165, 1.54) is 38.3 Å². The summed E-state index contributed by atoms with van der Waals surface area (Å²) >= 11 is 6.19. The number of fused-ring (bicyclic) bond motifs is 3. The molecule has 0 radical (unpaired) electrons. The van der Waals surface area contributed by atoms with Gasteiger partial charge in [-0.3, -0.25) is 9.80 Å². The molecule has 4 rings (SSSR count). The number of piperazine rings is 3. The fraction of sp³-hybridized carbons (Fsp3) is 0.625. The van der Waals surface area contributed by atoms with Gasteiger partial charge in [0.2, 0.25) is 0 Å². The zero-order valence-corrected chi connectivity index (χ0v) is 12.9. The predicted octanol–water partition coefficient (Wildman–Crippen LogP) is 2.38. The monoisotopic (exact) mass is 293 g/mol. The van der Waals surface area contributed by atoms with E-state index in [1.807, 2.05) is 6.07 Å². The van der Waals surface area contributed by atoms with Gasteiger partial charge in [-0.25, -0.2) is 0 Å². The maximum Gasteiger partial charge on any atom is 0.0491 e. The minimum absolute atomic E-state index is 0.386. The molecule has 3 fully saturated rings. The smallest absolute Gasteiger partial charge is 0.0491 e. The molecular weight excluding hydrogens is 270 g/mol. The summed E-state index contributed by atoms with van der Waals surface area (Å²) < 4.78 is 0. The second kappa shape index (κ2) is 6.44. The quantitative estimate of drug-likeness (QED) is 0.899. The molecule has 0 spiro atoms. The van der Waals surface area contributed by atoms with Crippen LogP contribution in [-0.4, -0.2) is 55.1 Å². The van der Waals surface area contributed by atoms with Crippen molar-refractivity contribution >= 4 is 11.6 Å². The first-order valence-electron chi connectivity index (χ1n) is 7.73. The van der Waals surface area contributed by atoms with Crippen molar-refractivity contribution in [2.24, 2.45) is 0 Å². The van der Waals surface area contributed by atoms with Gasteiger partial charge in [-0.15, -0.1) is 0 Å².